The van der Waals surface area contributed by atoms with Crippen molar-refractivity contribution in [3.05, 3.63) is 21.9 Å². The predicted molar refractivity (Wildman–Crippen MR) is 76.6 cm³/mol. The Morgan fingerprint density at radius 1 is 1.24 bits per heavy atom. The molecule has 1 heterocycles. The summed E-state index contributed by atoms with van der Waals surface area (Å²) in [7, 11) is 0. The third kappa shape index (κ3) is 3.11. The molecule has 0 bridgehead atoms. The summed E-state index contributed by atoms with van der Waals surface area (Å²) in [6.07, 6.45) is 4.18. The summed E-state index contributed by atoms with van der Waals surface area (Å²) in [6, 6.07) is 5.70. The molecule has 2 heteroatoms. The molecule has 1 nitrogen and oxygen atoms in total. The van der Waals surface area contributed by atoms with Gasteiger partial charge in [-0.05, 0) is 50.7 Å². The van der Waals surface area contributed by atoms with Crippen LogP contribution in [0.1, 0.15) is 55.8 Å². The number of thiophene rings is 1. The van der Waals surface area contributed by atoms with Gasteiger partial charge in [0.15, 0.2) is 0 Å². The van der Waals surface area contributed by atoms with E-state index < -0.39 is 0 Å². The highest BCUT2D eigenvalue weighted by Gasteiger charge is 2.28. The van der Waals surface area contributed by atoms with Gasteiger partial charge in [-0.3, -0.25) is 0 Å². The van der Waals surface area contributed by atoms with Gasteiger partial charge in [0.25, 0.3) is 0 Å². The van der Waals surface area contributed by atoms with Crippen molar-refractivity contribution in [2.45, 2.75) is 59.0 Å². The number of nitrogens with one attached hydrogen (secondary N) is 1. The lowest BCUT2D eigenvalue weighted by molar-refractivity contribution is 0.196. The molecule has 2 rings (SSSR count). The van der Waals surface area contributed by atoms with E-state index in [0.717, 1.165) is 11.8 Å². The van der Waals surface area contributed by atoms with Crippen LogP contribution in [-0.4, -0.2) is 6.04 Å². The van der Waals surface area contributed by atoms with Gasteiger partial charge in [-0.1, -0.05) is 20.3 Å². The van der Waals surface area contributed by atoms with Crippen LogP contribution in [0.5, 0.6) is 0 Å². The van der Waals surface area contributed by atoms with Crippen molar-refractivity contribution >= 4 is 11.3 Å². The van der Waals surface area contributed by atoms with Gasteiger partial charge in [0, 0.05) is 21.8 Å². The molecule has 0 spiro atoms. The number of hydrogen-bond donors (Lipinski definition) is 1. The van der Waals surface area contributed by atoms with Gasteiger partial charge in [0.1, 0.15) is 0 Å². The molecule has 96 valence electrons. The number of rotatable bonds is 3. The van der Waals surface area contributed by atoms with Gasteiger partial charge < -0.3 is 5.32 Å². The summed E-state index contributed by atoms with van der Waals surface area (Å²) >= 11 is 1.92. The van der Waals surface area contributed by atoms with E-state index in [-0.39, 0.29) is 0 Å². The summed E-state index contributed by atoms with van der Waals surface area (Å²) in [5.41, 5.74) is 0. The van der Waals surface area contributed by atoms with Crippen LogP contribution in [0.4, 0.5) is 0 Å². The molecule has 1 fully saturated rings. The molecule has 1 aromatic rings. The zero-order chi connectivity index (χ0) is 12.4. The molecule has 3 atom stereocenters. The second-order valence-corrected chi connectivity index (χ2v) is 7.07. The molecule has 0 saturated heterocycles. The Bertz CT molecular complexity index is 348. The summed E-state index contributed by atoms with van der Waals surface area (Å²) in [5.74, 6) is 1.64. The number of hydrogen-bond acceptors (Lipinski definition) is 2. The topological polar surface area (TPSA) is 12.0 Å². The van der Waals surface area contributed by atoms with Crippen LogP contribution in [-0.2, 0) is 0 Å². The summed E-state index contributed by atoms with van der Waals surface area (Å²) in [4.78, 5) is 2.89. The maximum Gasteiger partial charge on any atom is 0.0388 e. The van der Waals surface area contributed by atoms with Crippen molar-refractivity contribution in [2.24, 2.45) is 11.8 Å². The maximum atomic E-state index is 3.86. The SMILES string of the molecule is Cc1ccc(C(C)NC2C(C)CCCC2C)s1. The van der Waals surface area contributed by atoms with Gasteiger partial charge in [0.05, 0.1) is 0 Å². The lowest BCUT2D eigenvalue weighted by Gasteiger charge is -2.37. The fourth-order valence-electron chi connectivity index (χ4n) is 3.07. The van der Waals surface area contributed by atoms with Crippen molar-refractivity contribution in [3.8, 4) is 0 Å². The van der Waals surface area contributed by atoms with Gasteiger partial charge in [0.2, 0.25) is 0 Å². The van der Waals surface area contributed by atoms with Crippen molar-refractivity contribution in [2.75, 3.05) is 0 Å². The van der Waals surface area contributed by atoms with Crippen LogP contribution in [0.3, 0.4) is 0 Å². The van der Waals surface area contributed by atoms with E-state index in [1.807, 2.05) is 11.3 Å². The fourth-order valence-corrected chi connectivity index (χ4v) is 3.96. The van der Waals surface area contributed by atoms with E-state index in [1.165, 1.54) is 29.0 Å². The summed E-state index contributed by atoms with van der Waals surface area (Å²) < 4.78 is 0. The quantitative estimate of drug-likeness (QED) is 0.832. The summed E-state index contributed by atoms with van der Waals surface area (Å²) in [6.45, 7) is 9.30. The Labute approximate surface area is 110 Å². The van der Waals surface area contributed by atoms with Gasteiger partial charge in [-0.25, -0.2) is 0 Å². The van der Waals surface area contributed by atoms with Gasteiger partial charge in [-0.15, -0.1) is 11.3 Å². The fraction of sp³-hybridized carbons (Fsp3) is 0.733. The molecule has 1 saturated carbocycles. The Hall–Kier alpha value is -0.340. The smallest absolute Gasteiger partial charge is 0.0388 e. The van der Waals surface area contributed by atoms with Crippen molar-refractivity contribution < 1.29 is 0 Å². The summed E-state index contributed by atoms with van der Waals surface area (Å²) in [5, 5.41) is 3.86. The molecule has 17 heavy (non-hydrogen) atoms. The predicted octanol–water partition coefficient (Wildman–Crippen LogP) is 4.53. The Balaban J connectivity index is 1.99. The van der Waals surface area contributed by atoms with E-state index in [2.05, 4.69) is 45.1 Å². The van der Waals surface area contributed by atoms with Crippen LogP contribution in [0.2, 0.25) is 0 Å². The minimum absolute atomic E-state index is 0.502. The molecule has 0 amide bonds. The highest BCUT2D eigenvalue weighted by Crippen LogP contribution is 2.31. The first kappa shape index (κ1) is 13.1. The minimum atomic E-state index is 0.502. The average Bonchev–Trinajstić information content (AvgIpc) is 2.70. The largest absolute Gasteiger partial charge is 0.306 e. The normalized spacial score (nSPS) is 31.4. The third-order valence-electron chi connectivity index (χ3n) is 4.18. The Morgan fingerprint density at radius 2 is 1.88 bits per heavy atom. The first-order valence-electron chi connectivity index (χ1n) is 6.90. The Morgan fingerprint density at radius 3 is 2.41 bits per heavy atom. The average molecular weight is 251 g/mol. The standard InChI is InChI=1S/C15H25NS/c1-10-6-5-7-11(2)15(10)16-13(4)14-9-8-12(3)17-14/h8-11,13,15-16H,5-7H2,1-4H3. The minimum Gasteiger partial charge on any atom is -0.306 e. The van der Waals surface area contributed by atoms with Crippen LogP contribution in [0, 0.1) is 18.8 Å². The molecule has 0 aliphatic heterocycles. The maximum absolute atomic E-state index is 3.86. The molecule has 0 radical (unpaired) electrons. The monoisotopic (exact) mass is 251 g/mol. The Kier molecular flexibility index (Phi) is 4.26. The first-order chi connectivity index (χ1) is 8.08. The highest BCUT2D eigenvalue weighted by atomic mass is 32.1. The molecule has 1 N–H and O–H groups in total. The zero-order valence-corrected chi connectivity index (χ0v) is 12.3. The van der Waals surface area contributed by atoms with Gasteiger partial charge >= 0.3 is 0 Å². The lowest BCUT2D eigenvalue weighted by Crippen LogP contribution is -2.43. The van der Waals surface area contributed by atoms with Crippen LogP contribution in [0.15, 0.2) is 12.1 Å². The highest BCUT2D eigenvalue weighted by molar-refractivity contribution is 7.12. The first-order valence-corrected chi connectivity index (χ1v) is 7.72. The van der Waals surface area contributed by atoms with Crippen molar-refractivity contribution in [3.63, 3.8) is 0 Å². The molecular weight excluding hydrogens is 226 g/mol. The third-order valence-corrected chi connectivity index (χ3v) is 5.36. The molecule has 0 aromatic carbocycles. The van der Waals surface area contributed by atoms with Crippen molar-refractivity contribution in [1.29, 1.82) is 0 Å². The van der Waals surface area contributed by atoms with Crippen LogP contribution >= 0.6 is 11.3 Å². The van der Waals surface area contributed by atoms with E-state index in [9.17, 15) is 0 Å². The zero-order valence-electron chi connectivity index (χ0n) is 11.5. The van der Waals surface area contributed by atoms with E-state index >= 15 is 0 Å². The molecule has 1 aliphatic carbocycles. The van der Waals surface area contributed by atoms with E-state index in [1.54, 1.807) is 0 Å². The lowest BCUT2D eigenvalue weighted by atomic mass is 9.78. The number of aryl methyl sites for hydroxylation is 1. The molecule has 3 unspecified atom stereocenters. The van der Waals surface area contributed by atoms with E-state index in [4.69, 9.17) is 0 Å². The second-order valence-electron chi connectivity index (χ2n) is 5.75. The van der Waals surface area contributed by atoms with Crippen molar-refractivity contribution in [1.82, 2.24) is 5.32 Å². The van der Waals surface area contributed by atoms with Crippen LogP contribution < -0.4 is 5.32 Å². The van der Waals surface area contributed by atoms with Gasteiger partial charge in [-0.2, -0.15) is 0 Å². The molecule has 1 aliphatic rings. The molecule has 1 aromatic heterocycles. The van der Waals surface area contributed by atoms with Crippen LogP contribution in [0.25, 0.3) is 0 Å². The van der Waals surface area contributed by atoms with E-state index in [0.29, 0.717) is 12.1 Å². The second kappa shape index (κ2) is 5.53. The molecular formula is C15H25NS.